The molecule has 7 heteroatoms. The van der Waals surface area contributed by atoms with Gasteiger partial charge >= 0.3 is 12.1 Å². The minimum Gasteiger partial charge on any atom is -0.394 e. The van der Waals surface area contributed by atoms with Crippen LogP contribution in [0.15, 0.2) is 0 Å². The Bertz CT molecular complexity index is 144. The van der Waals surface area contributed by atoms with Crippen LogP contribution in [0, 0.1) is 0 Å². The second-order valence-corrected chi connectivity index (χ2v) is 2.29. The molecule has 0 aliphatic heterocycles. The quantitative estimate of drug-likeness (QED) is 0.549. The lowest BCUT2D eigenvalue weighted by Crippen LogP contribution is -2.37. The lowest BCUT2D eigenvalue weighted by molar-refractivity contribution is -0.287. The maximum absolute atomic E-state index is 12.1. The Morgan fingerprint density at radius 1 is 1.00 bits per heavy atom. The van der Waals surface area contributed by atoms with Gasteiger partial charge in [-0.3, -0.25) is 0 Å². The Labute approximate surface area is 71.3 Å². The summed E-state index contributed by atoms with van der Waals surface area (Å²) in [5.74, 6) is -4.72. The van der Waals surface area contributed by atoms with Crippen LogP contribution in [0.3, 0.4) is 0 Å². The Balaban J connectivity index is 3.77. The van der Waals surface area contributed by atoms with E-state index in [4.69, 9.17) is 5.11 Å². The van der Waals surface area contributed by atoms with Gasteiger partial charge in [0.15, 0.2) is 0 Å². The molecule has 0 spiro atoms. The number of aliphatic hydroxyl groups excluding tert-OH is 1. The van der Waals surface area contributed by atoms with Gasteiger partial charge in [0.1, 0.15) is 0 Å². The van der Waals surface area contributed by atoms with Crippen LogP contribution < -0.4 is 0 Å². The number of rotatable bonds is 5. The van der Waals surface area contributed by atoms with Crippen LogP contribution in [0.2, 0.25) is 0 Å². The number of ether oxygens (including phenoxy) is 1. The summed E-state index contributed by atoms with van der Waals surface area (Å²) in [6.45, 7) is -1.38. The third-order valence-electron chi connectivity index (χ3n) is 1.21. The Hall–Kier alpha value is -0.430. The molecular formula is C6H9F5O2. The van der Waals surface area contributed by atoms with Crippen molar-refractivity contribution in [2.75, 3.05) is 19.8 Å². The Morgan fingerprint density at radius 2 is 1.54 bits per heavy atom. The smallest absolute Gasteiger partial charge is 0.394 e. The maximum Gasteiger partial charge on any atom is 0.453 e. The number of hydrogen-bond donors (Lipinski definition) is 1. The zero-order chi connectivity index (χ0) is 10.5. The van der Waals surface area contributed by atoms with Crippen LogP contribution in [0.1, 0.15) is 6.42 Å². The van der Waals surface area contributed by atoms with Gasteiger partial charge in [-0.2, -0.15) is 22.0 Å². The topological polar surface area (TPSA) is 29.5 Å². The van der Waals surface area contributed by atoms with Gasteiger partial charge in [-0.25, -0.2) is 0 Å². The highest BCUT2D eigenvalue weighted by Gasteiger charge is 2.56. The van der Waals surface area contributed by atoms with E-state index in [0.717, 1.165) is 0 Å². The van der Waals surface area contributed by atoms with Gasteiger partial charge < -0.3 is 9.84 Å². The summed E-state index contributed by atoms with van der Waals surface area (Å²) >= 11 is 0. The van der Waals surface area contributed by atoms with E-state index in [1.165, 1.54) is 0 Å². The summed E-state index contributed by atoms with van der Waals surface area (Å²) < 4.78 is 62.9. The molecule has 0 rings (SSSR count). The molecule has 1 N–H and O–H groups in total. The average molecular weight is 208 g/mol. The fourth-order valence-corrected chi connectivity index (χ4v) is 0.509. The molecule has 0 amide bonds. The molecule has 0 aromatic rings. The molecule has 0 aromatic heterocycles. The van der Waals surface area contributed by atoms with Crippen molar-refractivity contribution in [1.29, 1.82) is 0 Å². The molecule has 0 fully saturated rings. The van der Waals surface area contributed by atoms with Gasteiger partial charge in [0, 0.05) is 6.42 Å². The Morgan fingerprint density at radius 3 is 1.92 bits per heavy atom. The van der Waals surface area contributed by atoms with E-state index < -0.39 is 31.7 Å². The molecule has 0 saturated carbocycles. The van der Waals surface area contributed by atoms with E-state index in [-0.39, 0.29) is 6.61 Å². The first kappa shape index (κ1) is 12.6. The second kappa shape index (κ2) is 4.71. The van der Waals surface area contributed by atoms with Gasteiger partial charge in [0.25, 0.3) is 0 Å². The van der Waals surface area contributed by atoms with E-state index in [2.05, 4.69) is 4.74 Å². The highest BCUT2D eigenvalue weighted by Crippen LogP contribution is 2.37. The van der Waals surface area contributed by atoms with Gasteiger partial charge in [-0.15, -0.1) is 0 Å². The van der Waals surface area contributed by atoms with Crippen LogP contribution in [0.4, 0.5) is 22.0 Å². The molecule has 0 radical (unpaired) electrons. The highest BCUT2D eigenvalue weighted by molar-refractivity contribution is 4.74. The molecule has 0 aliphatic rings. The Kier molecular flexibility index (Phi) is 4.55. The van der Waals surface area contributed by atoms with Gasteiger partial charge in [0.2, 0.25) is 0 Å². The molecule has 0 saturated heterocycles. The van der Waals surface area contributed by atoms with E-state index >= 15 is 0 Å². The first-order chi connectivity index (χ1) is 5.81. The normalized spacial score (nSPS) is 13.4. The zero-order valence-corrected chi connectivity index (χ0v) is 6.57. The monoisotopic (exact) mass is 208 g/mol. The van der Waals surface area contributed by atoms with Gasteiger partial charge in [-0.05, 0) is 0 Å². The maximum atomic E-state index is 12.1. The van der Waals surface area contributed by atoms with Crippen molar-refractivity contribution in [1.82, 2.24) is 0 Å². The largest absolute Gasteiger partial charge is 0.453 e. The third kappa shape index (κ3) is 4.37. The first-order valence-corrected chi connectivity index (χ1v) is 3.44. The standard InChI is InChI=1S/C6H9F5O2/c7-5(8,6(9,10)11)1-3-13-4-2-12/h12H,1-4H2. The molecule has 0 aromatic carbocycles. The van der Waals surface area contributed by atoms with Crippen molar-refractivity contribution in [2.24, 2.45) is 0 Å². The van der Waals surface area contributed by atoms with Crippen molar-refractivity contribution in [2.45, 2.75) is 18.5 Å². The van der Waals surface area contributed by atoms with Crippen LogP contribution in [0.5, 0.6) is 0 Å². The summed E-state index contributed by atoms with van der Waals surface area (Å²) in [5, 5.41) is 8.12. The molecule has 0 bridgehead atoms. The average Bonchev–Trinajstić information content (AvgIpc) is 1.96. The van der Waals surface area contributed by atoms with Crippen molar-refractivity contribution in [3.05, 3.63) is 0 Å². The number of alkyl halides is 5. The number of hydrogen-bond acceptors (Lipinski definition) is 2. The van der Waals surface area contributed by atoms with Crippen molar-refractivity contribution >= 4 is 0 Å². The molecular weight excluding hydrogens is 199 g/mol. The highest BCUT2D eigenvalue weighted by atomic mass is 19.4. The first-order valence-electron chi connectivity index (χ1n) is 3.44. The summed E-state index contributed by atoms with van der Waals surface area (Å²) in [5.41, 5.74) is 0. The van der Waals surface area contributed by atoms with Crippen LogP contribution >= 0.6 is 0 Å². The minimum absolute atomic E-state index is 0.242. The molecule has 0 atom stereocenters. The summed E-state index contributed by atoms with van der Waals surface area (Å²) in [4.78, 5) is 0. The van der Waals surface area contributed by atoms with E-state index in [1.54, 1.807) is 0 Å². The molecule has 2 nitrogen and oxygen atoms in total. The predicted octanol–water partition coefficient (Wildman–Crippen LogP) is 1.58. The van der Waals surface area contributed by atoms with E-state index in [1.807, 2.05) is 0 Å². The molecule has 0 unspecified atom stereocenters. The lowest BCUT2D eigenvalue weighted by atomic mass is 10.2. The van der Waals surface area contributed by atoms with Crippen LogP contribution in [0.25, 0.3) is 0 Å². The summed E-state index contributed by atoms with van der Waals surface area (Å²) in [6, 6.07) is 0. The van der Waals surface area contributed by atoms with Gasteiger partial charge in [-0.1, -0.05) is 0 Å². The van der Waals surface area contributed by atoms with E-state index in [9.17, 15) is 22.0 Å². The minimum atomic E-state index is -5.53. The SMILES string of the molecule is OCCOCCC(F)(F)C(F)(F)F. The second-order valence-electron chi connectivity index (χ2n) is 2.29. The van der Waals surface area contributed by atoms with Crippen molar-refractivity contribution < 1.29 is 31.8 Å². The lowest BCUT2D eigenvalue weighted by Gasteiger charge is -2.18. The van der Waals surface area contributed by atoms with E-state index in [0.29, 0.717) is 0 Å². The summed E-state index contributed by atoms with van der Waals surface area (Å²) in [6.07, 6.45) is -6.95. The zero-order valence-electron chi connectivity index (χ0n) is 6.57. The molecule has 0 heterocycles. The fourth-order valence-electron chi connectivity index (χ4n) is 0.509. The predicted molar refractivity (Wildman–Crippen MR) is 33.5 cm³/mol. The molecule has 0 aliphatic carbocycles. The number of aliphatic hydroxyl groups is 1. The fraction of sp³-hybridized carbons (Fsp3) is 1.00. The third-order valence-corrected chi connectivity index (χ3v) is 1.21. The van der Waals surface area contributed by atoms with Crippen molar-refractivity contribution in [3.63, 3.8) is 0 Å². The number of halogens is 5. The van der Waals surface area contributed by atoms with Crippen LogP contribution in [-0.4, -0.2) is 37.0 Å². The van der Waals surface area contributed by atoms with Crippen LogP contribution in [-0.2, 0) is 4.74 Å². The van der Waals surface area contributed by atoms with Crippen molar-refractivity contribution in [3.8, 4) is 0 Å². The molecule has 80 valence electrons. The van der Waals surface area contributed by atoms with Gasteiger partial charge in [0.05, 0.1) is 19.8 Å². The summed E-state index contributed by atoms with van der Waals surface area (Å²) in [7, 11) is 0. The molecule has 13 heavy (non-hydrogen) atoms.